The van der Waals surface area contributed by atoms with Crippen LogP contribution in [0.15, 0.2) is 63.9 Å². The normalized spacial score (nSPS) is 14.9. The average molecular weight is 471 g/mol. The van der Waals surface area contributed by atoms with E-state index in [1.54, 1.807) is 24.4 Å². The lowest BCUT2D eigenvalue weighted by Crippen LogP contribution is -2.30. The van der Waals surface area contributed by atoms with Crippen molar-refractivity contribution in [2.45, 2.75) is 33.7 Å². The van der Waals surface area contributed by atoms with Crippen molar-refractivity contribution in [1.29, 1.82) is 0 Å². The molecule has 35 heavy (non-hydrogen) atoms. The molecule has 7 heteroatoms. The Morgan fingerprint density at radius 1 is 0.914 bits per heavy atom. The van der Waals surface area contributed by atoms with Gasteiger partial charge in [-0.25, -0.2) is 4.98 Å². The Kier molecular flexibility index (Phi) is 5.76. The molecule has 1 aliphatic heterocycles. The molecule has 0 bridgehead atoms. The Bertz CT molecular complexity index is 1510. The topological polar surface area (TPSA) is 81.9 Å². The number of carbonyl (C=O) groups excluding carboxylic acids is 1. The monoisotopic (exact) mass is 470 g/mol. The summed E-state index contributed by atoms with van der Waals surface area (Å²) >= 11 is 0. The first-order chi connectivity index (χ1) is 16.9. The third kappa shape index (κ3) is 3.83. The predicted octanol–water partition coefficient (Wildman–Crippen LogP) is 5.35. The summed E-state index contributed by atoms with van der Waals surface area (Å²) in [7, 11) is 0. The van der Waals surface area contributed by atoms with Gasteiger partial charge < -0.3 is 13.9 Å². The molecule has 178 valence electrons. The number of amides is 1. The maximum atomic E-state index is 13.8. The number of fused-ring (bicyclic) bond motifs is 2. The van der Waals surface area contributed by atoms with Crippen LogP contribution >= 0.6 is 0 Å². The molecule has 3 heterocycles. The molecule has 0 radical (unpaired) electrons. The number of ether oxygens (including phenoxy) is 2. The number of aryl methyl sites for hydroxylation is 2. The highest BCUT2D eigenvalue weighted by atomic mass is 16.5. The molecule has 0 saturated carbocycles. The van der Waals surface area contributed by atoms with E-state index in [0.717, 1.165) is 11.1 Å². The van der Waals surface area contributed by atoms with Gasteiger partial charge in [0.25, 0.3) is 5.91 Å². The number of rotatable bonds is 6. The fourth-order valence-electron chi connectivity index (χ4n) is 4.53. The molecule has 4 aromatic rings. The van der Waals surface area contributed by atoms with Gasteiger partial charge in [-0.3, -0.25) is 14.5 Å². The first kappa shape index (κ1) is 22.7. The first-order valence-electron chi connectivity index (χ1n) is 11.7. The summed E-state index contributed by atoms with van der Waals surface area (Å²) in [5, 5.41) is 0.441. The summed E-state index contributed by atoms with van der Waals surface area (Å²) in [5.74, 6) is 1.22. The number of hydrogen-bond acceptors (Lipinski definition) is 6. The molecule has 2 aromatic carbocycles. The second-order valence-corrected chi connectivity index (χ2v) is 8.51. The van der Waals surface area contributed by atoms with Crippen LogP contribution in [0.25, 0.3) is 11.0 Å². The lowest BCUT2D eigenvalue weighted by molar-refractivity contribution is 0.0970. The number of hydrogen-bond donors (Lipinski definition) is 0. The highest BCUT2D eigenvalue weighted by Crippen LogP contribution is 2.43. The Balaban J connectivity index is 1.79. The van der Waals surface area contributed by atoms with Gasteiger partial charge in [0.05, 0.1) is 30.2 Å². The van der Waals surface area contributed by atoms with E-state index in [0.29, 0.717) is 52.6 Å². The van der Waals surface area contributed by atoms with E-state index in [4.69, 9.17) is 13.9 Å². The summed E-state index contributed by atoms with van der Waals surface area (Å²) in [4.78, 5) is 33.5. The number of carbonyl (C=O) groups is 1. The summed E-state index contributed by atoms with van der Waals surface area (Å²) < 4.78 is 17.6. The molecule has 1 atom stereocenters. The van der Waals surface area contributed by atoms with E-state index < -0.39 is 11.9 Å². The standard InChI is InChI=1S/C28H26N2O5/c1-5-33-21-10-8-18(15-22(21)34-6-2)25-24-26(31)19-13-16(3)7-9-20(19)35-27(24)28(32)30(25)23-14-17(4)11-12-29-23/h7-15,25H,5-6H2,1-4H3. The van der Waals surface area contributed by atoms with Crippen LogP contribution in [0.2, 0.25) is 0 Å². The molecule has 0 saturated heterocycles. The Labute approximate surface area is 202 Å². The predicted molar refractivity (Wildman–Crippen MR) is 134 cm³/mol. The Hall–Kier alpha value is -4.13. The quantitative estimate of drug-likeness (QED) is 0.378. The van der Waals surface area contributed by atoms with Gasteiger partial charge >= 0.3 is 0 Å². The average Bonchev–Trinajstić information content (AvgIpc) is 3.13. The zero-order chi connectivity index (χ0) is 24.7. The lowest BCUT2D eigenvalue weighted by Gasteiger charge is -2.25. The largest absolute Gasteiger partial charge is 0.490 e. The number of pyridine rings is 1. The second kappa shape index (κ2) is 8.91. The number of aromatic nitrogens is 1. The van der Waals surface area contributed by atoms with E-state index in [1.165, 1.54) is 4.90 Å². The molecule has 0 spiro atoms. The third-order valence-corrected chi connectivity index (χ3v) is 6.06. The highest BCUT2D eigenvalue weighted by molar-refractivity contribution is 6.10. The molecule has 0 fully saturated rings. The van der Waals surface area contributed by atoms with Crippen molar-refractivity contribution >= 4 is 22.7 Å². The molecule has 7 nitrogen and oxygen atoms in total. The molecule has 1 amide bonds. The van der Waals surface area contributed by atoms with Crippen LogP contribution in [0.4, 0.5) is 5.82 Å². The van der Waals surface area contributed by atoms with E-state index >= 15 is 0 Å². The van der Waals surface area contributed by atoms with Gasteiger partial charge in [-0.05, 0) is 75.2 Å². The SMILES string of the molecule is CCOc1ccc(C2c3c(oc4ccc(C)cc4c3=O)C(=O)N2c2cc(C)ccn2)cc1OCC. The minimum absolute atomic E-state index is 0.0338. The zero-order valence-electron chi connectivity index (χ0n) is 20.1. The van der Waals surface area contributed by atoms with E-state index in [-0.39, 0.29) is 11.2 Å². The first-order valence-corrected chi connectivity index (χ1v) is 11.7. The fraction of sp³-hybridized carbons (Fsp3) is 0.250. The van der Waals surface area contributed by atoms with Crippen molar-refractivity contribution in [3.05, 3.63) is 93.0 Å². The number of benzene rings is 2. The van der Waals surface area contributed by atoms with E-state index in [9.17, 15) is 9.59 Å². The summed E-state index contributed by atoms with van der Waals surface area (Å²) in [5.41, 5.74) is 3.02. The molecule has 0 aliphatic carbocycles. The molecular formula is C28H26N2O5. The van der Waals surface area contributed by atoms with Crippen LogP contribution in [0.3, 0.4) is 0 Å². The van der Waals surface area contributed by atoms with Gasteiger partial charge in [-0.1, -0.05) is 17.7 Å². The molecule has 1 unspecified atom stereocenters. The summed E-state index contributed by atoms with van der Waals surface area (Å²) in [6.45, 7) is 8.57. The van der Waals surface area contributed by atoms with Crippen LogP contribution in [0, 0.1) is 13.8 Å². The maximum Gasteiger partial charge on any atom is 0.296 e. The minimum Gasteiger partial charge on any atom is -0.490 e. The van der Waals surface area contributed by atoms with Crippen molar-refractivity contribution in [1.82, 2.24) is 4.98 Å². The molecule has 1 aliphatic rings. The van der Waals surface area contributed by atoms with Crippen LogP contribution in [0.1, 0.15) is 52.7 Å². The van der Waals surface area contributed by atoms with E-state index in [2.05, 4.69) is 4.98 Å². The van der Waals surface area contributed by atoms with Gasteiger partial charge in [-0.15, -0.1) is 0 Å². The summed E-state index contributed by atoms with van der Waals surface area (Å²) in [6.07, 6.45) is 1.65. The molecular weight excluding hydrogens is 444 g/mol. The lowest BCUT2D eigenvalue weighted by atomic mass is 9.97. The third-order valence-electron chi connectivity index (χ3n) is 6.06. The minimum atomic E-state index is -0.733. The second-order valence-electron chi connectivity index (χ2n) is 8.51. The van der Waals surface area contributed by atoms with Gasteiger partial charge in [0.2, 0.25) is 5.76 Å². The van der Waals surface area contributed by atoms with Crippen molar-refractivity contribution in [3.63, 3.8) is 0 Å². The highest BCUT2D eigenvalue weighted by Gasteiger charge is 2.44. The Morgan fingerprint density at radius 3 is 2.40 bits per heavy atom. The fourth-order valence-corrected chi connectivity index (χ4v) is 4.53. The smallest absolute Gasteiger partial charge is 0.296 e. The van der Waals surface area contributed by atoms with Crippen LogP contribution in [-0.4, -0.2) is 24.1 Å². The van der Waals surface area contributed by atoms with Crippen LogP contribution in [-0.2, 0) is 0 Å². The van der Waals surface area contributed by atoms with Crippen molar-refractivity contribution in [3.8, 4) is 11.5 Å². The van der Waals surface area contributed by atoms with E-state index in [1.807, 2.05) is 58.0 Å². The molecule has 2 aromatic heterocycles. The van der Waals surface area contributed by atoms with Crippen LogP contribution < -0.4 is 19.8 Å². The van der Waals surface area contributed by atoms with Gasteiger partial charge in [0, 0.05) is 6.20 Å². The molecule has 0 N–H and O–H groups in total. The van der Waals surface area contributed by atoms with Crippen molar-refractivity contribution in [2.24, 2.45) is 0 Å². The van der Waals surface area contributed by atoms with Crippen LogP contribution in [0.5, 0.6) is 11.5 Å². The Morgan fingerprint density at radius 2 is 1.66 bits per heavy atom. The number of nitrogens with zero attached hydrogens (tertiary/aromatic N) is 2. The van der Waals surface area contributed by atoms with Gasteiger partial charge in [-0.2, -0.15) is 0 Å². The summed E-state index contributed by atoms with van der Waals surface area (Å²) in [6, 6.07) is 13.8. The number of anilines is 1. The van der Waals surface area contributed by atoms with Gasteiger partial charge in [0.15, 0.2) is 16.9 Å². The van der Waals surface area contributed by atoms with Crippen molar-refractivity contribution < 1.29 is 18.7 Å². The maximum absolute atomic E-state index is 13.8. The van der Waals surface area contributed by atoms with Crippen molar-refractivity contribution in [2.75, 3.05) is 18.1 Å². The zero-order valence-corrected chi connectivity index (χ0v) is 20.1. The molecule has 5 rings (SSSR count). The van der Waals surface area contributed by atoms with Gasteiger partial charge in [0.1, 0.15) is 11.4 Å².